The average molecular weight is 373 g/mol. The number of hydrogen-bond donors (Lipinski definition) is 1. The number of amides is 1. The molecule has 1 aromatic carbocycles. The minimum Gasteiger partial charge on any atom is -0.465 e. The number of aromatic nitrogens is 1. The van der Waals surface area contributed by atoms with Crippen LogP contribution in [0.15, 0.2) is 36.9 Å². The Morgan fingerprint density at radius 3 is 2.58 bits per heavy atom. The van der Waals surface area contributed by atoms with Crippen LogP contribution in [0.5, 0.6) is 0 Å². The Morgan fingerprint density at radius 2 is 2.00 bits per heavy atom. The second-order valence-corrected chi connectivity index (χ2v) is 6.91. The van der Waals surface area contributed by atoms with Crippen LogP contribution in [0.3, 0.4) is 0 Å². The van der Waals surface area contributed by atoms with E-state index in [1.54, 1.807) is 6.08 Å². The van der Waals surface area contributed by atoms with Crippen LogP contribution in [0.4, 0.5) is 5.69 Å². The number of rotatable bonds is 8. The molecule has 0 saturated carbocycles. The molecule has 0 fully saturated rings. The van der Waals surface area contributed by atoms with Gasteiger partial charge in [0.05, 0.1) is 19.3 Å². The molecule has 1 N–H and O–H groups in total. The molecule has 0 aliphatic rings. The van der Waals surface area contributed by atoms with Crippen molar-refractivity contribution < 1.29 is 14.3 Å². The number of nitrogens with zero attached hydrogens (tertiary/aromatic N) is 2. The molecular weight excluding hydrogens is 350 g/mol. The smallest absolute Gasteiger partial charge is 0.350 e. The summed E-state index contributed by atoms with van der Waals surface area (Å²) in [5, 5.41) is 3.47. The van der Waals surface area contributed by atoms with E-state index in [1.165, 1.54) is 18.4 Å². The Bertz CT molecular complexity index is 782. The zero-order valence-electron chi connectivity index (χ0n) is 15.2. The largest absolute Gasteiger partial charge is 0.465 e. The SMILES string of the molecule is C=CCCC(=O)NCc1nc(-c2ccc(N(C)C)cc2)c(C(=O)OC)s1. The second-order valence-electron chi connectivity index (χ2n) is 5.82. The summed E-state index contributed by atoms with van der Waals surface area (Å²) in [5.74, 6) is -0.505. The molecule has 0 spiro atoms. The Morgan fingerprint density at radius 1 is 1.31 bits per heavy atom. The van der Waals surface area contributed by atoms with Crippen LogP contribution >= 0.6 is 11.3 Å². The minimum absolute atomic E-state index is 0.0726. The third kappa shape index (κ3) is 4.92. The molecule has 6 nitrogen and oxygen atoms in total. The molecule has 1 amide bonds. The first-order valence-electron chi connectivity index (χ1n) is 8.19. The number of esters is 1. The number of hydrogen-bond acceptors (Lipinski definition) is 6. The molecule has 0 atom stereocenters. The topological polar surface area (TPSA) is 71.5 Å². The summed E-state index contributed by atoms with van der Waals surface area (Å²) in [6.07, 6.45) is 2.71. The predicted molar refractivity (Wildman–Crippen MR) is 104 cm³/mol. The highest BCUT2D eigenvalue weighted by atomic mass is 32.1. The number of methoxy groups -OCH3 is 1. The molecule has 0 radical (unpaired) electrons. The van der Waals surface area contributed by atoms with E-state index in [4.69, 9.17) is 4.74 Å². The van der Waals surface area contributed by atoms with E-state index in [0.717, 1.165) is 11.3 Å². The highest BCUT2D eigenvalue weighted by Gasteiger charge is 2.20. The number of anilines is 1. The summed E-state index contributed by atoms with van der Waals surface area (Å²) in [4.78, 5) is 30.8. The molecule has 0 unspecified atom stereocenters. The van der Waals surface area contributed by atoms with Gasteiger partial charge in [0.15, 0.2) is 0 Å². The van der Waals surface area contributed by atoms with Gasteiger partial charge in [-0.15, -0.1) is 17.9 Å². The molecule has 138 valence electrons. The van der Waals surface area contributed by atoms with Gasteiger partial charge in [0.25, 0.3) is 0 Å². The minimum atomic E-state index is -0.432. The van der Waals surface area contributed by atoms with Gasteiger partial charge in [0, 0.05) is 31.8 Å². The molecule has 7 heteroatoms. The molecule has 0 bridgehead atoms. The van der Waals surface area contributed by atoms with Gasteiger partial charge < -0.3 is 15.0 Å². The van der Waals surface area contributed by atoms with Gasteiger partial charge in [-0.3, -0.25) is 4.79 Å². The summed E-state index contributed by atoms with van der Waals surface area (Å²) in [7, 11) is 5.27. The summed E-state index contributed by atoms with van der Waals surface area (Å²) in [6, 6.07) is 7.77. The van der Waals surface area contributed by atoms with Crippen LogP contribution in [0, 0.1) is 0 Å². The lowest BCUT2D eigenvalue weighted by atomic mass is 10.1. The number of thiazole rings is 1. The Hall–Kier alpha value is -2.67. The molecule has 2 rings (SSSR count). The van der Waals surface area contributed by atoms with Crippen molar-refractivity contribution >= 4 is 28.9 Å². The summed E-state index contributed by atoms with van der Waals surface area (Å²) in [6.45, 7) is 3.88. The Kier molecular flexibility index (Phi) is 6.91. The van der Waals surface area contributed by atoms with Crippen LogP contribution < -0.4 is 10.2 Å². The number of carbonyl (C=O) groups is 2. The Balaban J connectivity index is 2.24. The molecule has 1 heterocycles. The van der Waals surface area contributed by atoms with Crippen LogP contribution in [-0.2, 0) is 16.1 Å². The summed E-state index contributed by atoms with van der Waals surface area (Å²) in [5.41, 5.74) is 2.46. The highest BCUT2D eigenvalue weighted by molar-refractivity contribution is 7.14. The standard InChI is InChI=1S/C19H23N3O3S/c1-5-6-7-15(23)20-12-16-21-17(18(26-16)19(24)25-4)13-8-10-14(11-9-13)22(2)3/h5,8-11H,1,6-7,12H2,2-4H3,(H,20,23). The number of allylic oxidation sites excluding steroid dienone is 1. The molecule has 0 aliphatic heterocycles. The third-order valence-corrected chi connectivity index (χ3v) is 4.75. The van der Waals surface area contributed by atoms with Crippen molar-refractivity contribution in [2.45, 2.75) is 19.4 Å². The first-order chi connectivity index (χ1) is 12.5. The normalized spacial score (nSPS) is 10.3. The predicted octanol–water partition coefficient (Wildman–Crippen LogP) is 3.25. The molecule has 0 aliphatic carbocycles. The van der Waals surface area contributed by atoms with Crippen LogP contribution in [-0.4, -0.2) is 38.1 Å². The zero-order chi connectivity index (χ0) is 19.1. The van der Waals surface area contributed by atoms with E-state index in [2.05, 4.69) is 16.9 Å². The van der Waals surface area contributed by atoms with Gasteiger partial charge in [0.2, 0.25) is 5.91 Å². The van der Waals surface area contributed by atoms with Crippen molar-refractivity contribution in [2.75, 3.05) is 26.1 Å². The van der Waals surface area contributed by atoms with Crippen LogP contribution in [0.25, 0.3) is 11.3 Å². The summed E-state index contributed by atoms with van der Waals surface area (Å²) < 4.78 is 4.88. The van der Waals surface area contributed by atoms with Gasteiger partial charge in [-0.2, -0.15) is 0 Å². The van der Waals surface area contributed by atoms with Gasteiger partial charge >= 0.3 is 5.97 Å². The zero-order valence-corrected chi connectivity index (χ0v) is 16.1. The van der Waals surface area contributed by atoms with Crippen molar-refractivity contribution in [3.05, 3.63) is 46.8 Å². The number of ether oxygens (including phenoxy) is 1. The van der Waals surface area contributed by atoms with E-state index in [0.29, 0.717) is 28.4 Å². The lowest BCUT2D eigenvalue weighted by molar-refractivity contribution is -0.121. The van der Waals surface area contributed by atoms with E-state index >= 15 is 0 Å². The van der Waals surface area contributed by atoms with Crippen LogP contribution in [0.1, 0.15) is 27.5 Å². The van der Waals surface area contributed by atoms with Crippen molar-refractivity contribution in [3.63, 3.8) is 0 Å². The average Bonchev–Trinajstić information content (AvgIpc) is 3.08. The fourth-order valence-electron chi connectivity index (χ4n) is 2.28. The van der Waals surface area contributed by atoms with Gasteiger partial charge in [0.1, 0.15) is 9.88 Å². The third-order valence-electron chi connectivity index (χ3n) is 3.71. The van der Waals surface area contributed by atoms with E-state index in [1.807, 2.05) is 43.3 Å². The quantitative estimate of drug-likeness (QED) is 0.568. The van der Waals surface area contributed by atoms with Crippen molar-refractivity contribution in [2.24, 2.45) is 0 Å². The lowest BCUT2D eigenvalue weighted by Gasteiger charge is -2.12. The molecule has 1 aromatic heterocycles. The maximum atomic E-state index is 12.1. The maximum absolute atomic E-state index is 12.1. The second kappa shape index (κ2) is 9.15. The number of carbonyl (C=O) groups excluding carboxylic acids is 2. The van der Waals surface area contributed by atoms with Crippen LogP contribution in [0.2, 0.25) is 0 Å². The van der Waals surface area contributed by atoms with E-state index < -0.39 is 5.97 Å². The van der Waals surface area contributed by atoms with Crippen molar-refractivity contribution in [3.8, 4) is 11.3 Å². The lowest BCUT2D eigenvalue weighted by Crippen LogP contribution is -2.22. The summed E-state index contributed by atoms with van der Waals surface area (Å²) >= 11 is 1.23. The number of benzene rings is 1. The van der Waals surface area contributed by atoms with Gasteiger partial charge in [-0.05, 0) is 18.6 Å². The Labute approximate surface area is 157 Å². The highest BCUT2D eigenvalue weighted by Crippen LogP contribution is 2.30. The molecular formula is C19H23N3O3S. The molecule has 0 saturated heterocycles. The molecule has 26 heavy (non-hydrogen) atoms. The van der Waals surface area contributed by atoms with Gasteiger partial charge in [-0.25, -0.2) is 9.78 Å². The monoisotopic (exact) mass is 373 g/mol. The van der Waals surface area contributed by atoms with E-state index in [9.17, 15) is 9.59 Å². The molecule has 2 aromatic rings. The fourth-order valence-corrected chi connectivity index (χ4v) is 3.22. The maximum Gasteiger partial charge on any atom is 0.350 e. The number of nitrogens with one attached hydrogen (secondary N) is 1. The van der Waals surface area contributed by atoms with Crippen molar-refractivity contribution in [1.82, 2.24) is 10.3 Å². The first-order valence-corrected chi connectivity index (χ1v) is 9.01. The first kappa shape index (κ1) is 19.7. The van der Waals surface area contributed by atoms with Crippen molar-refractivity contribution in [1.29, 1.82) is 0 Å². The fraction of sp³-hybridized carbons (Fsp3) is 0.316. The van der Waals surface area contributed by atoms with E-state index in [-0.39, 0.29) is 12.5 Å². The van der Waals surface area contributed by atoms with Gasteiger partial charge in [-0.1, -0.05) is 18.2 Å².